The summed E-state index contributed by atoms with van der Waals surface area (Å²) in [6.07, 6.45) is 0. The first-order valence-electron chi connectivity index (χ1n) is 9.68. The number of hydrogen-bond acceptors (Lipinski definition) is 5. The molecule has 4 aromatic rings. The van der Waals surface area contributed by atoms with Gasteiger partial charge in [0.25, 0.3) is 5.89 Å². The molecule has 0 atom stereocenters. The number of halogens is 1. The zero-order chi connectivity index (χ0) is 22.0. The normalized spacial score (nSPS) is 10.8. The van der Waals surface area contributed by atoms with Crippen molar-refractivity contribution in [3.8, 4) is 34.0 Å². The van der Waals surface area contributed by atoms with Crippen LogP contribution in [0.5, 0.6) is 0 Å². The molecule has 0 aliphatic heterocycles. The first-order valence-corrected chi connectivity index (χ1v) is 9.68. The van der Waals surface area contributed by atoms with Gasteiger partial charge in [0, 0.05) is 11.1 Å². The van der Waals surface area contributed by atoms with Crippen LogP contribution in [0.1, 0.15) is 11.1 Å². The minimum Gasteiger partial charge on any atom is -0.480 e. The summed E-state index contributed by atoms with van der Waals surface area (Å²) in [7, 11) is 0. The van der Waals surface area contributed by atoms with Crippen molar-refractivity contribution in [3.63, 3.8) is 0 Å². The summed E-state index contributed by atoms with van der Waals surface area (Å²) in [6, 6.07) is 18.4. The Balaban J connectivity index is 1.59. The number of carboxylic acid groups (broad SMARTS) is 1. The van der Waals surface area contributed by atoms with Gasteiger partial charge in [0.1, 0.15) is 12.4 Å². The van der Waals surface area contributed by atoms with E-state index in [0.29, 0.717) is 11.5 Å². The Kier molecular flexibility index (Phi) is 5.49. The molecule has 0 aliphatic carbocycles. The van der Waals surface area contributed by atoms with Crippen molar-refractivity contribution < 1.29 is 18.8 Å². The second-order valence-corrected chi connectivity index (χ2v) is 7.21. The van der Waals surface area contributed by atoms with E-state index < -0.39 is 11.8 Å². The number of aryl methyl sites for hydroxylation is 2. The maximum absolute atomic E-state index is 14.3. The lowest BCUT2D eigenvalue weighted by atomic mass is 9.95. The number of rotatable bonds is 6. The molecule has 1 aromatic heterocycles. The lowest BCUT2D eigenvalue weighted by molar-refractivity contribution is -0.134. The van der Waals surface area contributed by atoms with E-state index in [9.17, 15) is 9.18 Å². The number of nitrogens with zero attached hydrogens (tertiary/aromatic N) is 2. The van der Waals surface area contributed by atoms with E-state index in [1.54, 1.807) is 6.07 Å². The van der Waals surface area contributed by atoms with E-state index in [-0.39, 0.29) is 18.1 Å². The number of anilines is 1. The lowest BCUT2D eigenvalue weighted by Gasteiger charge is -2.10. The number of hydrogen-bond donors (Lipinski definition) is 2. The molecule has 2 N–H and O–H groups in total. The third-order valence-corrected chi connectivity index (χ3v) is 4.99. The highest BCUT2D eigenvalue weighted by Crippen LogP contribution is 2.31. The van der Waals surface area contributed by atoms with E-state index in [1.807, 2.05) is 37.3 Å². The number of nitrogens with one attached hydrogen (secondary N) is 1. The van der Waals surface area contributed by atoms with Crippen molar-refractivity contribution in [2.45, 2.75) is 13.8 Å². The van der Waals surface area contributed by atoms with Gasteiger partial charge in [-0.1, -0.05) is 35.5 Å². The van der Waals surface area contributed by atoms with Crippen molar-refractivity contribution in [3.05, 3.63) is 77.6 Å². The van der Waals surface area contributed by atoms with Gasteiger partial charge in [-0.15, -0.1) is 0 Å². The fraction of sp³-hybridized carbons (Fsp3) is 0.125. The Hall–Kier alpha value is -4.00. The molecule has 0 unspecified atom stereocenters. The lowest BCUT2D eigenvalue weighted by Crippen LogP contribution is -2.13. The Bertz CT molecular complexity index is 1270. The second-order valence-electron chi connectivity index (χ2n) is 7.21. The number of carboxylic acids is 1. The molecule has 0 saturated carbocycles. The van der Waals surface area contributed by atoms with E-state index in [4.69, 9.17) is 9.63 Å². The first-order chi connectivity index (χ1) is 14.9. The summed E-state index contributed by atoms with van der Waals surface area (Å²) in [5, 5.41) is 15.2. The summed E-state index contributed by atoms with van der Waals surface area (Å²) in [6.45, 7) is 3.73. The minimum atomic E-state index is -1.07. The fourth-order valence-electron chi connectivity index (χ4n) is 3.40. The van der Waals surface area contributed by atoms with Gasteiger partial charge in [-0.05, 0) is 66.4 Å². The summed E-state index contributed by atoms with van der Waals surface area (Å²) >= 11 is 0. The Morgan fingerprint density at radius 3 is 2.45 bits per heavy atom. The zero-order valence-electron chi connectivity index (χ0n) is 17.0. The fourth-order valence-corrected chi connectivity index (χ4v) is 3.40. The van der Waals surface area contributed by atoms with Crippen molar-refractivity contribution >= 4 is 11.7 Å². The molecule has 0 aliphatic rings. The molecular weight excluding hydrogens is 397 g/mol. The van der Waals surface area contributed by atoms with E-state index in [1.165, 1.54) is 23.3 Å². The van der Waals surface area contributed by atoms with Crippen molar-refractivity contribution in [2.24, 2.45) is 0 Å². The van der Waals surface area contributed by atoms with Crippen molar-refractivity contribution in [1.29, 1.82) is 0 Å². The number of benzene rings is 3. The van der Waals surface area contributed by atoms with Crippen LogP contribution in [0.15, 0.2) is 65.2 Å². The van der Waals surface area contributed by atoms with Crippen LogP contribution < -0.4 is 5.32 Å². The van der Waals surface area contributed by atoms with Gasteiger partial charge in [0.05, 0.1) is 5.69 Å². The zero-order valence-corrected chi connectivity index (χ0v) is 17.0. The van der Waals surface area contributed by atoms with Crippen LogP contribution in [0.2, 0.25) is 0 Å². The van der Waals surface area contributed by atoms with E-state index in [2.05, 4.69) is 34.5 Å². The van der Waals surface area contributed by atoms with Gasteiger partial charge in [-0.25, -0.2) is 4.39 Å². The molecule has 4 rings (SSSR count). The molecule has 7 heteroatoms. The third-order valence-electron chi connectivity index (χ3n) is 4.99. The smallest absolute Gasteiger partial charge is 0.322 e. The largest absolute Gasteiger partial charge is 0.480 e. The molecule has 31 heavy (non-hydrogen) atoms. The molecule has 0 radical (unpaired) electrons. The first kappa shape index (κ1) is 20.3. The minimum absolute atomic E-state index is 0.0947. The van der Waals surface area contributed by atoms with Gasteiger partial charge in [-0.3, -0.25) is 4.79 Å². The maximum atomic E-state index is 14.3. The van der Waals surface area contributed by atoms with Gasteiger partial charge in [0.15, 0.2) is 0 Å². The van der Waals surface area contributed by atoms with Crippen molar-refractivity contribution in [2.75, 3.05) is 11.9 Å². The van der Waals surface area contributed by atoms with E-state index in [0.717, 1.165) is 16.7 Å². The highest BCUT2D eigenvalue weighted by Gasteiger charge is 2.14. The van der Waals surface area contributed by atoms with Crippen LogP contribution in [0, 0.1) is 19.7 Å². The second kappa shape index (κ2) is 8.39. The molecule has 0 bridgehead atoms. The molecule has 0 amide bonds. The maximum Gasteiger partial charge on any atom is 0.322 e. The summed E-state index contributed by atoms with van der Waals surface area (Å²) in [5.74, 6) is -1.08. The number of carbonyl (C=O) groups is 1. The summed E-state index contributed by atoms with van der Waals surface area (Å²) in [5.41, 5.74) is 5.87. The quantitative estimate of drug-likeness (QED) is 0.441. The van der Waals surface area contributed by atoms with Crippen molar-refractivity contribution in [1.82, 2.24) is 10.1 Å². The van der Waals surface area contributed by atoms with Gasteiger partial charge in [0.2, 0.25) is 5.82 Å². The third kappa shape index (κ3) is 4.30. The topological polar surface area (TPSA) is 88.2 Å². The molecule has 0 fully saturated rings. The molecule has 1 heterocycles. The summed E-state index contributed by atoms with van der Waals surface area (Å²) < 4.78 is 19.7. The Morgan fingerprint density at radius 2 is 1.74 bits per heavy atom. The molecule has 156 valence electrons. The standard InChI is InChI=1S/C24H20FN3O3/c1-14-5-3-4-6-18(14)19-9-7-17(11-15(19)2)24-27-23(28-31-24)16-8-10-21(20(25)12-16)26-13-22(29)30/h3-12,26H,13H2,1-2H3,(H,29,30). The molecule has 0 saturated heterocycles. The SMILES string of the molecule is Cc1ccccc1-c1ccc(-c2nc(-c3ccc(NCC(=O)O)c(F)c3)no2)cc1C. The highest BCUT2D eigenvalue weighted by molar-refractivity contribution is 5.74. The number of aromatic nitrogens is 2. The number of aliphatic carboxylic acids is 1. The van der Waals surface area contributed by atoms with Gasteiger partial charge in [-0.2, -0.15) is 4.98 Å². The predicted octanol–water partition coefficient (Wildman–Crippen LogP) is 5.32. The average Bonchev–Trinajstić information content (AvgIpc) is 3.24. The van der Waals surface area contributed by atoms with Crippen LogP contribution in [-0.4, -0.2) is 27.8 Å². The van der Waals surface area contributed by atoms with E-state index >= 15 is 0 Å². The van der Waals surface area contributed by atoms with Crippen LogP contribution in [0.25, 0.3) is 34.0 Å². The van der Waals surface area contributed by atoms with Gasteiger partial charge < -0.3 is 14.9 Å². The van der Waals surface area contributed by atoms with Gasteiger partial charge >= 0.3 is 5.97 Å². The molecule has 0 spiro atoms. The monoisotopic (exact) mass is 417 g/mol. The van der Waals surface area contributed by atoms with Crippen LogP contribution in [0.4, 0.5) is 10.1 Å². The molecular formula is C24H20FN3O3. The molecule has 3 aromatic carbocycles. The van der Waals surface area contributed by atoms with Crippen LogP contribution >= 0.6 is 0 Å². The predicted molar refractivity (Wildman–Crippen MR) is 116 cm³/mol. The Labute approximate surface area is 178 Å². The highest BCUT2D eigenvalue weighted by atomic mass is 19.1. The Morgan fingerprint density at radius 1 is 1.00 bits per heavy atom. The average molecular weight is 417 g/mol. The van der Waals surface area contributed by atoms with Crippen LogP contribution in [-0.2, 0) is 4.79 Å². The van der Waals surface area contributed by atoms with Crippen LogP contribution in [0.3, 0.4) is 0 Å². The summed E-state index contributed by atoms with van der Waals surface area (Å²) in [4.78, 5) is 15.0. The molecule has 6 nitrogen and oxygen atoms in total.